The molecule has 0 bridgehead atoms. The lowest BCUT2D eigenvalue weighted by Gasteiger charge is -2.42. The number of urea groups is 1. The molecule has 1 aromatic heterocycles. The molecule has 0 spiro atoms. The van der Waals surface area contributed by atoms with Crippen LogP contribution in [0.3, 0.4) is 0 Å². The Morgan fingerprint density at radius 3 is 2.63 bits per heavy atom. The van der Waals surface area contributed by atoms with Crippen molar-refractivity contribution in [3.63, 3.8) is 0 Å². The van der Waals surface area contributed by atoms with E-state index in [-0.39, 0.29) is 6.03 Å². The summed E-state index contributed by atoms with van der Waals surface area (Å²) in [5.74, 6) is 1.57. The summed E-state index contributed by atoms with van der Waals surface area (Å²) >= 11 is 5.71. The van der Waals surface area contributed by atoms with Gasteiger partial charge in [-0.05, 0) is 24.0 Å². The van der Waals surface area contributed by atoms with Crippen molar-refractivity contribution in [2.45, 2.75) is 25.7 Å². The van der Waals surface area contributed by atoms with Crippen LogP contribution in [0.1, 0.15) is 25.7 Å². The second-order valence-electron chi connectivity index (χ2n) is 5.51. The molecule has 1 saturated carbocycles. The Bertz CT molecular complexity index is 450. The van der Waals surface area contributed by atoms with E-state index in [1.54, 1.807) is 18.3 Å². The minimum atomic E-state index is -0.0293. The van der Waals surface area contributed by atoms with Crippen LogP contribution in [0.15, 0.2) is 18.3 Å². The quantitative estimate of drug-likeness (QED) is 0.844. The van der Waals surface area contributed by atoms with E-state index in [2.05, 4.69) is 10.3 Å². The Morgan fingerprint density at radius 1 is 1.26 bits per heavy atom. The molecule has 1 aliphatic carbocycles. The van der Waals surface area contributed by atoms with Crippen LogP contribution >= 0.6 is 11.6 Å². The number of likely N-dealkylation sites (tertiary alicyclic amines) is 1. The van der Waals surface area contributed by atoms with Crippen molar-refractivity contribution in [3.05, 3.63) is 23.5 Å². The average molecular weight is 280 g/mol. The van der Waals surface area contributed by atoms with Crippen molar-refractivity contribution in [3.8, 4) is 0 Å². The highest BCUT2D eigenvalue weighted by atomic mass is 35.5. The van der Waals surface area contributed by atoms with Crippen LogP contribution in [0.25, 0.3) is 0 Å². The minimum absolute atomic E-state index is 0.0293. The number of aromatic nitrogens is 1. The van der Waals surface area contributed by atoms with E-state index in [1.807, 2.05) is 4.90 Å². The number of amides is 2. The number of nitrogens with zero attached hydrogens (tertiary/aromatic N) is 2. The molecule has 1 aliphatic heterocycles. The molecule has 102 valence electrons. The van der Waals surface area contributed by atoms with Gasteiger partial charge in [0.2, 0.25) is 0 Å². The van der Waals surface area contributed by atoms with Gasteiger partial charge < -0.3 is 10.2 Å². The van der Waals surface area contributed by atoms with Gasteiger partial charge in [0.15, 0.2) is 0 Å². The van der Waals surface area contributed by atoms with Crippen LogP contribution in [0.2, 0.25) is 5.15 Å². The van der Waals surface area contributed by atoms with Crippen LogP contribution in [-0.2, 0) is 0 Å². The van der Waals surface area contributed by atoms with Gasteiger partial charge >= 0.3 is 6.03 Å². The largest absolute Gasteiger partial charge is 0.324 e. The molecule has 0 aromatic carbocycles. The highest BCUT2D eigenvalue weighted by Gasteiger charge is 2.37. The first kappa shape index (κ1) is 12.7. The summed E-state index contributed by atoms with van der Waals surface area (Å²) in [4.78, 5) is 17.8. The van der Waals surface area contributed by atoms with E-state index in [0.29, 0.717) is 10.8 Å². The fourth-order valence-electron chi connectivity index (χ4n) is 3.06. The third kappa shape index (κ3) is 2.84. The van der Waals surface area contributed by atoms with Crippen LogP contribution in [-0.4, -0.2) is 29.0 Å². The van der Waals surface area contributed by atoms with Gasteiger partial charge in [0.1, 0.15) is 5.15 Å². The van der Waals surface area contributed by atoms with E-state index in [1.165, 1.54) is 25.7 Å². The Labute approximate surface area is 118 Å². The minimum Gasteiger partial charge on any atom is -0.324 e. The topological polar surface area (TPSA) is 45.2 Å². The first-order chi connectivity index (χ1) is 9.22. The number of hydrogen-bond donors (Lipinski definition) is 1. The normalized spacial score (nSPS) is 20.4. The lowest BCUT2D eigenvalue weighted by molar-refractivity contribution is 0.0927. The summed E-state index contributed by atoms with van der Waals surface area (Å²) in [6.45, 7) is 1.80. The molecule has 3 rings (SSSR count). The van der Waals surface area contributed by atoms with Crippen molar-refractivity contribution in [2.75, 3.05) is 18.4 Å². The summed E-state index contributed by atoms with van der Waals surface area (Å²) < 4.78 is 0. The summed E-state index contributed by atoms with van der Waals surface area (Å²) in [5, 5.41) is 3.28. The Kier molecular flexibility index (Phi) is 3.60. The first-order valence-electron chi connectivity index (χ1n) is 6.90. The van der Waals surface area contributed by atoms with E-state index in [4.69, 9.17) is 11.6 Å². The molecule has 1 saturated heterocycles. The number of hydrogen-bond acceptors (Lipinski definition) is 2. The molecular weight excluding hydrogens is 262 g/mol. The second-order valence-corrected chi connectivity index (χ2v) is 5.90. The van der Waals surface area contributed by atoms with Crippen molar-refractivity contribution in [1.82, 2.24) is 9.88 Å². The molecule has 2 amide bonds. The number of anilines is 1. The molecule has 2 heterocycles. The van der Waals surface area contributed by atoms with E-state index in [0.717, 1.165) is 24.9 Å². The summed E-state index contributed by atoms with van der Waals surface area (Å²) in [5.41, 5.74) is 0.693. The van der Waals surface area contributed by atoms with Crippen LogP contribution in [0.5, 0.6) is 0 Å². The zero-order valence-electron chi connectivity index (χ0n) is 10.8. The highest BCUT2D eigenvalue weighted by molar-refractivity contribution is 6.29. The second kappa shape index (κ2) is 5.37. The standard InChI is InChI=1S/C14H18ClN3O/c15-13-6-5-12(7-16-13)17-14(19)18-8-11(9-18)10-3-1-2-4-10/h5-7,10-11H,1-4,8-9H2,(H,17,19). The van der Waals surface area contributed by atoms with Gasteiger partial charge in [-0.1, -0.05) is 37.3 Å². The first-order valence-corrected chi connectivity index (χ1v) is 7.27. The van der Waals surface area contributed by atoms with Gasteiger partial charge in [-0.3, -0.25) is 0 Å². The molecule has 2 fully saturated rings. The Balaban J connectivity index is 1.48. The maximum atomic E-state index is 12.0. The number of carbonyl (C=O) groups excluding carboxylic acids is 1. The Morgan fingerprint density at radius 2 is 2.00 bits per heavy atom. The van der Waals surface area contributed by atoms with Gasteiger partial charge in [-0.15, -0.1) is 0 Å². The van der Waals surface area contributed by atoms with Crippen molar-refractivity contribution < 1.29 is 4.79 Å². The lowest BCUT2D eigenvalue weighted by atomic mass is 9.85. The molecule has 4 nitrogen and oxygen atoms in total. The average Bonchev–Trinajstić information content (AvgIpc) is 2.84. The maximum Gasteiger partial charge on any atom is 0.321 e. The van der Waals surface area contributed by atoms with Crippen LogP contribution < -0.4 is 5.32 Å². The zero-order valence-corrected chi connectivity index (χ0v) is 11.6. The Hall–Kier alpha value is -1.29. The molecule has 0 radical (unpaired) electrons. The molecule has 0 unspecified atom stereocenters. The molecule has 2 aliphatic rings. The molecule has 5 heteroatoms. The third-order valence-corrected chi connectivity index (χ3v) is 4.47. The number of carbonyl (C=O) groups is 1. The summed E-state index contributed by atoms with van der Waals surface area (Å²) in [7, 11) is 0. The molecule has 0 atom stereocenters. The predicted octanol–water partition coefficient (Wildman–Crippen LogP) is 3.39. The van der Waals surface area contributed by atoms with Gasteiger partial charge in [0, 0.05) is 13.1 Å². The van der Waals surface area contributed by atoms with Crippen LogP contribution in [0.4, 0.5) is 10.5 Å². The molecule has 1 aromatic rings. The molecular formula is C14H18ClN3O. The van der Waals surface area contributed by atoms with E-state index >= 15 is 0 Å². The lowest BCUT2D eigenvalue weighted by Crippen LogP contribution is -2.53. The fourth-order valence-corrected chi connectivity index (χ4v) is 3.17. The third-order valence-electron chi connectivity index (χ3n) is 4.24. The van der Waals surface area contributed by atoms with E-state index in [9.17, 15) is 4.79 Å². The SMILES string of the molecule is O=C(Nc1ccc(Cl)nc1)N1CC(C2CCCC2)C1. The van der Waals surface area contributed by atoms with Gasteiger partial charge in [-0.25, -0.2) is 9.78 Å². The van der Waals surface area contributed by atoms with Crippen molar-refractivity contribution >= 4 is 23.3 Å². The number of rotatable bonds is 2. The highest BCUT2D eigenvalue weighted by Crippen LogP contribution is 2.36. The predicted molar refractivity (Wildman–Crippen MR) is 75.3 cm³/mol. The van der Waals surface area contributed by atoms with Gasteiger partial charge in [0.25, 0.3) is 0 Å². The number of pyridine rings is 1. The summed E-state index contributed by atoms with van der Waals surface area (Å²) in [6.07, 6.45) is 7.00. The van der Waals surface area contributed by atoms with Gasteiger partial charge in [-0.2, -0.15) is 0 Å². The molecule has 1 N–H and O–H groups in total. The number of halogens is 1. The smallest absolute Gasteiger partial charge is 0.321 e. The van der Waals surface area contributed by atoms with Gasteiger partial charge in [0.05, 0.1) is 11.9 Å². The fraction of sp³-hybridized carbons (Fsp3) is 0.571. The number of nitrogens with one attached hydrogen (secondary N) is 1. The van der Waals surface area contributed by atoms with Crippen molar-refractivity contribution in [2.24, 2.45) is 11.8 Å². The van der Waals surface area contributed by atoms with Crippen LogP contribution in [0, 0.1) is 11.8 Å². The van der Waals surface area contributed by atoms with Crippen molar-refractivity contribution in [1.29, 1.82) is 0 Å². The monoisotopic (exact) mass is 279 g/mol. The summed E-state index contributed by atoms with van der Waals surface area (Å²) in [6, 6.07) is 3.41. The molecule has 19 heavy (non-hydrogen) atoms. The maximum absolute atomic E-state index is 12.0. The van der Waals surface area contributed by atoms with E-state index < -0.39 is 0 Å². The zero-order chi connectivity index (χ0) is 13.2.